The van der Waals surface area contributed by atoms with E-state index in [4.69, 9.17) is 4.42 Å². The molecule has 0 aliphatic carbocycles. The van der Waals surface area contributed by atoms with Crippen molar-refractivity contribution >= 4 is 22.5 Å². The minimum atomic E-state index is -0.693. The number of nitrogens with one attached hydrogen (secondary N) is 1. The number of hydrogen-bond donors (Lipinski definition) is 1. The van der Waals surface area contributed by atoms with E-state index in [9.17, 15) is 9.59 Å². The lowest BCUT2D eigenvalue weighted by Crippen LogP contribution is -2.40. The largest absolute Gasteiger partial charge is 0.460 e. The van der Waals surface area contributed by atoms with E-state index < -0.39 is 6.04 Å². The van der Waals surface area contributed by atoms with Gasteiger partial charge in [-0.15, -0.1) is 0 Å². The Kier molecular flexibility index (Phi) is 5.20. The van der Waals surface area contributed by atoms with Gasteiger partial charge in [-0.05, 0) is 25.8 Å². The Balaban J connectivity index is 1.75. The molecule has 0 radical (unpaired) electrons. The summed E-state index contributed by atoms with van der Waals surface area (Å²) in [5, 5.41) is 7.61. The fourth-order valence-corrected chi connectivity index (χ4v) is 3.93. The second-order valence-corrected chi connectivity index (χ2v) is 7.56. The van der Waals surface area contributed by atoms with E-state index in [-0.39, 0.29) is 17.5 Å². The monoisotopic (exact) mass is 406 g/mol. The van der Waals surface area contributed by atoms with Crippen LogP contribution >= 0.6 is 0 Å². The van der Waals surface area contributed by atoms with E-state index in [1.807, 2.05) is 68.5 Å². The van der Waals surface area contributed by atoms with Crippen molar-refractivity contribution in [1.82, 2.24) is 19.5 Å². The molecule has 7 heteroatoms. The lowest BCUT2D eigenvalue weighted by Gasteiger charge is -2.21. The summed E-state index contributed by atoms with van der Waals surface area (Å²) < 4.78 is 8.87. The van der Waals surface area contributed by atoms with E-state index in [0.717, 1.165) is 16.8 Å². The first-order valence-electron chi connectivity index (χ1n) is 10.3. The summed E-state index contributed by atoms with van der Waals surface area (Å²) >= 11 is 0. The molecular formula is C23H26N4O3. The molecule has 4 rings (SSSR count). The number of fused-ring (bicyclic) bond motifs is 3. The molecule has 1 amide bonds. The van der Waals surface area contributed by atoms with Crippen molar-refractivity contribution in [2.75, 3.05) is 0 Å². The van der Waals surface area contributed by atoms with Gasteiger partial charge in [-0.3, -0.25) is 14.0 Å². The van der Waals surface area contributed by atoms with E-state index in [2.05, 4.69) is 10.4 Å². The van der Waals surface area contributed by atoms with Gasteiger partial charge in [0.2, 0.25) is 5.91 Å². The average molecular weight is 406 g/mol. The standard InChI is InChI=1S/C23H26N4O3/c1-5-17(22(28)24-15(4)16-10-8-7-9-11-16)27-23(29)19-13-20-18(12-14(3)30-20)26(19)21(6-2)25-27/h7-13,15,17H,5-6H2,1-4H3,(H,24,28)/t15-,17-/m1/s1. The molecule has 0 aliphatic heterocycles. The van der Waals surface area contributed by atoms with Crippen LogP contribution in [0.2, 0.25) is 0 Å². The zero-order chi connectivity index (χ0) is 21.4. The van der Waals surface area contributed by atoms with Crippen LogP contribution in [0, 0.1) is 6.92 Å². The van der Waals surface area contributed by atoms with E-state index in [0.29, 0.717) is 29.8 Å². The molecule has 30 heavy (non-hydrogen) atoms. The molecule has 7 nitrogen and oxygen atoms in total. The highest BCUT2D eigenvalue weighted by Crippen LogP contribution is 2.24. The van der Waals surface area contributed by atoms with Crippen LogP contribution in [0.3, 0.4) is 0 Å². The van der Waals surface area contributed by atoms with E-state index in [1.54, 1.807) is 6.07 Å². The van der Waals surface area contributed by atoms with Crippen LogP contribution in [-0.4, -0.2) is 20.1 Å². The summed E-state index contributed by atoms with van der Waals surface area (Å²) in [7, 11) is 0. The molecule has 2 atom stereocenters. The molecule has 0 spiro atoms. The molecule has 156 valence electrons. The van der Waals surface area contributed by atoms with Gasteiger partial charge in [-0.25, -0.2) is 4.68 Å². The lowest BCUT2D eigenvalue weighted by molar-refractivity contribution is -0.125. The molecule has 3 heterocycles. The smallest absolute Gasteiger partial charge is 0.291 e. The predicted octanol–water partition coefficient (Wildman–Crippen LogP) is 3.94. The predicted molar refractivity (Wildman–Crippen MR) is 116 cm³/mol. The van der Waals surface area contributed by atoms with Crippen LogP contribution in [0.1, 0.15) is 56.4 Å². The zero-order valence-corrected chi connectivity index (χ0v) is 17.7. The molecule has 0 unspecified atom stereocenters. The third-order valence-corrected chi connectivity index (χ3v) is 5.48. The maximum absolute atomic E-state index is 13.3. The molecule has 3 aromatic heterocycles. The summed E-state index contributed by atoms with van der Waals surface area (Å²) in [6.45, 7) is 7.67. The fourth-order valence-electron chi connectivity index (χ4n) is 3.93. The van der Waals surface area contributed by atoms with Gasteiger partial charge in [0.05, 0.1) is 11.6 Å². The van der Waals surface area contributed by atoms with Crippen LogP contribution < -0.4 is 10.9 Å². The summed E-state index contributed by atoms with van der Waals surface area (Å²) in [6, 6.07) is 12.5. The van der Waals surface area contributed by atoms with Crippen molar-refractivity contribution in [1.29, 1.82) is 0 Å². The molecule has 0 bridgehead atoms. The number of nitrogens with zero attached hydrogens (tertiary/aromatic N) is 3. The lowest BCUT2D eigenvalue weighted by atomic mass is 10.1. The Hall–Kier alpha value is -3.35. The number of carbonyl (C=O) groups is 1. The number of carbonyl (C=O) groups excluding carboxylic acids is 1. The molecule has 1 aromatic carbocycles. The first-order chi connectivity index (χ1) is 14.4. The Labute approximate surface area is 174 Å². The molecule has 0 saturated heterocycles. The normalized spacial score (nSPS) is 13.6. The second kappa shape index (κ2) is 7.82. The zero-order valence-electron chi connectivity index (χ0n) is 17.7. The van der Waals surface area contributed by atoms with E-state index in [1.165, 1.54) is 4.68 Å². The third-order valence-electron chi connectivity index (χ3n) is 5.48. The minimum Gasteiger partial charge on any atom is -0.460 e. The summed E-state index contributed by atoms with van der Waals surface area (Å²) in [5.41, 5.74) is 2.65. The molecule has 0 fully saturated rings. The van der Waals surface area contributed by atoms with Gasteiger partial charge in [0, 0.05) is 18.6 Å². The number of amides is 1. The van der Waals surface area contributed by atoms with Gasteiger partial charge in [-0.1, -0.05) is 44.2 Å². The average Bonchev–Trinajstić information content (AvgIpc) is 3.27. The molecule has 0 saturated carbocycles. The number of hydrogen-bond acceptors (Lipinski definition) is 4. The maximum Gasteiger partial charge on any atom is 0.291 e. The summed E-state index contributed by atoms with van der Waals surface area (Å²) in [6.07, 6.45) is 1.07. The number of furan rings is 1. The second-order valence-electron chi connectivity index (χ2n) is 7.56. The number of benzene rings is 1. The highest BCUT2D eigenvalue weighted by atomic mass is 16.3. The number of aryl methyl sites for hydroxylation is 2. The van der Waals surface area contributed by atoms with Crippen LogP contribution in [-0.2, 0) is 11.2 Å². The van der Waals surface area contributed by atoms with Crippen molar-refractivity contribution < 1.29 is 9.21 Å². The highest BCUT2D eigenvalue weighted by molar-refractivity contribution is 5.84. The fraction of sp³-hybridized carbons (Fsp3) is 0.348. The Morgan fingerprint density at radius 3 is 2.57 bits per heavy atom. The summed E-state index contributed by atoms with van der Waals surface area (Å²) in [4.78, 5) is 26.3. The topological polar surface area (TPSA) is 81.5 Å². The van der Waals surface area contributed by atoms with Gasteiger partial charge in [0.25, 0.3) is 5.56 Å². The highest BCUT2D eigenvalue weighted by Gasteiger charge is 2.25. The Morgan fingerprint density at radius 1 is 1.17 bits per heavy atom. The summed E-state index contributed by atoms with van der Waals surface area (Å²) in [5.74, 6) is 1.27. The Morgan fingerprint density at radius 2 is 1.90 bits per heavy atom. The molecule has 1 N–H and O–H groups in total. The minimum absolute atomic E-state index is 0.170. The number of rotatable bonds is 6. The van der Waals surface area contributed by atoms with Crippen LogP contribution in [0.15, 0.2) is 51.7 Å². The van der Waals surface area contributed by atoms with Gasteiger partial charge in [-0.2, -0.15) is 5.10 Å². The van der Waals surface area contributed by atoms with Crippen LogP contribution in [0.4, 0.5) is 0 Å². The quantitative estimate of drug-likeness (QED) is 0.526. The van der Waals surface area contributed by atoms with Gasteiger partial charge >= 0.3 is 0 Å². The van der Waals surface area contributed by atoms with Crippen molar-refractivity contribution in [2.45, 2.75) is 52.6 Å². The molecule has 0 aliphatic rings. The van der Waals surface area contributed by atoms with Crippen LogP contribution in [0.25, 0.3) is 16.6 Å². The maximum atomic E-state index is 13.3. The van der Waals surface area contributed by atoms with Gasteiger partial charge in [0.1, 0.15) is 23.1 Å². The van der Waals surface area contributed by atoms with E-state index >= 15 is 0 Å². The SMILES string of the molecule is CCc1nn([C@H](CC)C(=O)N[C@H](C)c2ccccc2)c(=O)c2cc3oc(C)cc3n12. The Bertz CT molecular complexity index is 1270. The first kappa shape index (κ1) is 19.9. The number of aromatic nitrogens is 3. The van der Waals surface area contributed by atoms with Gasteiger partial charge < -0.3 is 9.73 Å². The molecular weight excluding hydrogens is 380 g/mol. The van der Waals surface area contributed by atoms with Crippen LogP contribution in [0.5, 0.6) is 0 Å². The van der Waals surface area contributed by atoms with Crippen molar-refractivity contribution in [2.24, 2.45) is 0 Å². The van der Waals surface area contributed by atoms with Gasteiger partial charge in [0.15, 0.2) is 5.58 Å². The first-order valence-corrected chi connectivity index (χ1v) is 10.3. The molecule has 4 aromatic rings. The van der Waals surface area contributed by atoms with Crippen molar-refractivity contribution in [3.63, 3.8) is 0 Å². The van der Waals surface area contributed by atoms with Crippen molar-refractivity contribution in [3.8, 4) is 0 Å². The van der Waals surface area contributed by atoms with Crippen molar-refractivity contribution in [3.05, 3.63) is 70.0 Å². The third kappa shape index (κ3) is 3.30.